The van der Waals surface area contributed by atoms with Crippen molar-refractivity contribution in [2.45, 2.75) is 25.6 Å². The Hall–Kier alpha value is -2.48. The summed E-state index contributed by atoms with van der Waals surface area (Å²) in [5, 5.41) is 9.12. The normalized spacial score (nSPS) is 26.8. The van der Waals surface area contributed by atoms with Gasteiger partial charge in [-0.15, -0.1) is 0 Å². The van der Waals surface area contributed by atoms with E-state index in [0.29, 0.717) is 0 Å². The van der Waals surface area contributed by atoms with E-state index in [0.717, 1.165) is 0 Å². The Balaban J connectivity index is 1.72. The van der Waals surface area contributed by atoms with E-state index in [1.807, 2.05) is 0 Å². The number of rotatable bonds is 3. The molecule has 2 aliphatic heterocycles. The van der Waals surface area contributed by atoms with E-state index >= 15 is 0 Å². The lowest BCUT2D eigenvalue weighted by molar-refractivity contribution is -0.167. The van der Waals surface area contributed by atoms with Gasteiger partial charge in [0.05, 0.1) is 24.3 Å². The number of hydrogen-bond donors (Lipinski definition) is 1. The van der Waals surface area contributed by atoms with Gasteiger partial charge in [-0.1, -0.05) is 12.1 Å². The van der Waals surface area contributed by atoms with Gasteiger partial charge in [-0.2, -0.15) is 0 Å². The fourth-order valence-electron chi connectivity index (χ4n) is 3.30. The molecule has 0 spiro atoms. The van der Waals surface area contributed by atoms with Gasteiger partial charge >= 0.3 is 5.97 Å². The monoisotopic (exact) mass is 350 g/mol. The molecule has 0 aliphatic carbocycles. The number of carbonyl (C=O) groups excluding carboxylic acids is 2. The van der Waals surface area contributed by atoms with Crippen molar-refractivity contribution in [3.05, 3.63) is 30.1 Å². The Morgan fingerprint density at radius 3 is 2.64 bits per heavy atom. The van der Waals surface area contributed by atoms with Crippen LogP contribution < -0.4 is 4.90 Å². The number of amides is 2. The van der Waals surface area contributed by atoms with E-state index in [2.05, 4.69) is 0 Å². The SMILES string of the molecule is C[C@@H]1CN(C(=O)C2CC(=O)N(c3ccccc3F)C2)CC(C(=O)O)O1. The second-order valence-electron chi connectivity index (χ2n) is 6.37. The summed E-state index contributed by atoms with van der Waals surface area (Å²) in [4.78, 5) is 38.8. The molecule has 2 saturated heterocycles. The Labute approximate surface area is 144 Å². The molecular weight excluding hydrogens is 331 g/mol. The van der Waals surface area contributed by atoms with Gasteiger partial charge in [0.2, 0.25) is 11.8 Å². The fraction of sp³-hybridized carbons (Fsp3) is 0.471. The van der Waals surface area contributed by atoms with Crippen molar-refractivity contribution < 1.29 is 28.6 Å². The van der Waals surface area contributed by atoms with E-state index in [1.54, 1.807) is 13.0 Å². The third-order valence-electron chi connectivity index (χ3n) is 4.46. The predicted octanol–water partition coefficient (Wildman–Crippen LogP) is 0.879. The molecule has 0 aromatic heterocycles. The first-order valence-electron chi connectivity index (χ1n) is 8.08. The summed E-state index contributed by atoms with van der Waals surface area (Å²) in [6.07, 6.45) is -1.50. The standard InChI is InChI=1S/C17H19FN2O5/c1-10-7-19(9-14(25-10)17(23)24)16(22)11-6-15(21)20(8-11)13-5-3-2-4-12(13)18/h2-5,10-11,14H,6-9H2,1H3,(H,23,24)/t10-,11?,14?/m1/s1. The summed E-state index contributed by atoms with van der Waals surface area (Å²) in [7, 11) is 0. The van der Waals surface area contributed by atoms with Crippen LogP contribution in [0.25, 0.3) is 0 Å². The molecule has 0 radical (unpaired) electrons. The number of aliphatic carboxylic acids is 1. The lowest BCUT2D eigenvalue weighted by Gasteiger charge is -2.36. The molecule has 2 aliphatic rings. The topological polar surface area (TPSA) is 87.2 Å². The van der Waals surface area contributed by atoms with Gasteiger partial charge in [-0.3, -0.25) is 9.59 Å². The summed E-state index contributed by atoms with van der Waals surface area (Å²) in [5.41, 5.74) is 0.154. The quantitative estimate of drug-likeness (QED) is 0.874. The summed E-state index contributed by atoms with van der Waals surface area (Å²) in [6.45, 7) is 2.00. The molecule has 2 fully saturated rings. The number of halogens is 1. The van der Waals surface area contributed by atoms with Crippen LogP contribution in [0.1, 0.15) is 13.3 Å². The molecule has 1 aromatic rings. The fourth-order valence-corrected chi connectivity index (χ4v) is 3.30. The van der Waals surface area contributed by atoms with E-state index in [4.69, 9.17) is 9.84 Å². The molecule has 2 heterocycles. The number of para-hydroxylation sites is 1. The minimum absolute atomic E-state index is 0.0172. The number of morpholine rings is 1. The molecular formula is C17H19FN2O5. The first-order chi connectivity index (χ1) is 11.9. The van der Waals surface area contributed by atoms with E-state index in [1.165, 1.54) is 28.0 Å². The van der Waals surface area contributed by atoms with Crippen molar-refractivity contribution in [3.8, 4) is 0 Å². The molecule has 0 bridgehead atoms. The number of nitrogens with zero attached hydrogens (tertiary/aromatic N) is 2. The van der Waals surface area contributed by atoms with Crippen LogP contribution in [0.5, 0.6) is 0 Å². The number of ether oxygens (including phenoxy) is 1. The number of carbonyl (C=O) groups is 3. The average Bonchev–Trinajstić information content (AvgIpc) is 2.95. The Kier molecular flexibility index (Phi) is 4.71. The highest BCUT2D eigenvalue weighted by molar-refractivity contribution is 6.00. The third kappa shape index (κ3) is 3.48. The Morgan fingerprint density at radius 2 is 1.96 bits per heavy atom. The van der Waals surface area contributed by atoms with Gasteiger partial charge in [-0.25, -0.2) is 9.18 Å². The summed E-state index contributed by atoms with van der Waals surface area (Å²) in [5.74, 6) is -2.88. The van der Waals surface area contributed by atoms with Gasteiger partial charge in [0.1, 0.15) is 5.82 Å². The van der Waals surface area contributed by atoms with Crippen LogP contribution in [0, 0.1) is 11.7 Å². The van der Waals surface area contributed by atoms with Gasteiger partial charge in [-0.05, 0) is 19.1 Å². The number of carboxylic acids is 1. The van der Waals surface area contributed by atoms with E-state index in [-0.39, 0.29) is 43.6 Å². The largest absolute Gasteiger partial charge is 0.479 e. The molecule has 25 heavy (non-hydrogen) atoms. The van der Waals surface area contributed by atoms with Crippen LogP contribution >= 0.6 is 0 Å². The summed E-state index contributed by atoms with van der Waals surface area (Å²) >= 11 is 0. The number of benzene rings is 1. The summed E-state index contributed by atoms with van der Waals surface area (Å²) in [6, 6.07) is 5.92. The lowest BCUT2D eigenvalue weighted by atomic mass is 10.1. The molecule has 3 atom stereocenters. The van der Waals surface area contributed by atoms with Gasteiger partial charge in [0.25, 0.3) is 0 Å². The second-order valence-corrected chi connectivity index (χ2v) is 6.37. The highest BCUT2D eigenvalue weighted by atomic mass is 19.1. The minimum Gasteiger partial charge on any atom is -0.479 e. The predicted molar refractivity (Wildman–Crippen MR) is 85.4 cm³/mol. The summed E-state index contributed by atoms with van der Waals surface area (Å²) < 4.78 is 19.2. The minimum atomic E-state index is -1.13. The Bertz CT molecular complexity index is 710. The van der Waals surface area contributed by atoms with Crippen LogP contribution in [0.15, 0.2) is 24.3 Å². The zero-order valence-electron chi connectivity index (χ0n) is 13.7. The van der Waals surface area contributed by atoms with Crippen LogP contribution in [0.2, 0.25) is 0 Å². The molecule has 3 rings (SSSR count). The van der Waals surface area contributed by atoms with E-state index in [9.17, 15) is 18.8 Å². The number of hydrogen-bond acceptors (Lipinski definition) is 4. The molecule has 2 unspecified atom stereocenters. The van der Waals surface area contributed by atoms with Gasteiger partial charge in [0, 0.05) is 19.5 Å². The molecule has 134 valence electrons. The Morgan fingerprint density at radius 1 is 1.24 bits per heavy atom. The molecule has 1 aromatic carbocycles. The molecule has 7 nitrogen and oxygen atoms in total. The molecule has 8 heteroatoms. The van der Waals surface area contributed by atoms with Crippen molar-refractivity contribution in [3.63, 3.8) is 0 Å². The lowest BCUT2D eigenvalue weighted by Crippen LogP contribution is -2.53. The maximum absolute atomic E-state index is 13.9. The molecule has 0 saturated carbocycles. The van der Waals surface area contributed by atoms with Crippen molar-refractivity contribution in [2.75, 3.05) is 24.5 Å². The van der Waals surface area contributed by atoms with Crippen molar-refractivity contribution in [2.24, 2.45) is 5.92 Å². The number of carboxylic acid groups (broad SMARTS) is 1. The zero-order valence-corrected chi connectivity index (χ0v) is 13.7. The van der Waals surface area contributed by atoms with E-state index < -0.39 is 29.9 Å². The second kappa shape index (κ2) is 6.79. The molecule has 1 N–H and O–H groups in total. The average molecular weight is 350 g/mol. The van der Waals surface area contributed by atoms with Crippen LogP contribution in [-0.2, 0) is 19.1 Å². The highest BCUT2D eigenvalue weighted by Crippen LogP contribution is 2.29. The number of anilines is 1. The smallest absolute Gasteiger partial charge is 0.334 e. The maximum Gasteiger partial charge on any atom is 0.334 e. The van der Waals surface area contributed by atoms with Crippen molar-refractivity contribution >= 4 is 23.5 Å². The zero-order chi connectivity index (χ0) is 18.1. The highest BCUT2D eigenvalue weighted by Gasteiger charge is 2.41. The maximum atomic E-state index is 13.9. The van der Waals surface area contributed by atoms with Crippen molar-refractivity contribution in [1.29, 1.82) is 0 Å². The van der Waals surface area contributed by atoms with Crippen LogP contribution in [0.3, 0.4) is 0 Å². The van der Waals surface area contributed by atoms with Gasteiger partial charge < -0.3 is 19.6 Å². The molecule has 2 amide bonds. The van der Waals surface area contributed by atoms with Crippen LogP contribution in [-0.4, -0.2) is 59.6 Å². The van der Waals surface area contributed by atoms with Gasteiger partial charge in [0.15, 0.2) is 6.10 Å². The first-order valence-corrected chi connectivity index (χ1v) is 8.08. The third-order valence-corrected chi connectivity index (χ3v) is 4.46. The van der Waals surface area contributed by atoms with Crippen molar-refractivity contribution in [1.82, 2.24) is 4.90 Å². The first kappa shape index (κ1) is 17.3. The van der Waals surface area contributed by atoms with Crippen LogP contribution in [0.4, 0.5) is 10.1 Å².